The van der Waals surface area contributed by atoms with Crippen LogP contribution in [-0.2, 0) is 15.6 Å². The lowest BCUT2D eigenvalue weighted by Gasteiger charge is -2.25. The minimum atomic E-state index is -3.84. The van der Waals surface area contributed by atoms with Gasteiger partial charge in [-0.15, -0.1) is 0 Å². The van der Waals surface area contributed by atoms with Crippen molar-refractivity contribution in [2.45, 2.75) is 24.3 Å². The molecule has 0 aliphatic heterocycles. The average Bonchev–Trinajstić information content (AvgIpc) is 2.74. The minimum absolute atomic E-state index is 0.0528. The van der Waals surface area contributed by atoms with Gasteiger partial charge >= 0.3 is 0 Å². The molecule has 3 aromatic carbocycles. The summed E-state index contributed by atoms with van der Waals surface area (Å²) in [4.78, 5) is 0.0528. The Bertz CT molecular complexity index is 1050. The van der Waals surface area contributed by atoms with Crippen molar-refractivity contribution in [3.05, 3.63) is 84.4 Å². The highest BCUT2D eigenvalue weighted by atomic mass is 32.2. The molecule has 0 aliphatic carbocycles. The maximum atomic E-state index is 12.7. The molecular weight excluding hydrogens is 386 g/mol. The molecule has 0 heterocycles. The lowest BCUT2D eigenvalue weighted by Crippen LogP contribution is -2.38. The third kappa shape index (κ3) is 5.03. The van der Waals surface area contributed by atoms with Crippen molar-refractivity contribution in [3.8, 4) is 16.9 Å². The Hall–Kier alpha value is -2.67. The van der Waals surface area contributed by atoms with Gasteiger partial charge in [-0.2, -0.15) is 0 Å². The van der Waals surface area contributed by atoms with Crippen LogP contribution in [0.5, 0.6) is 5.75 Å². The number of ether oxygens (including phenoxy) is 1. The van der Waals surface area contributed by atoms with Crippen molar-refractivity contribution < 1.29 is 18.3 Å². The topological polar surface area (TPSA) is 75.6 Å². The maximum absolute atomic E-state index is 12.7. The molecule has 6 heteroatoms. The highest BCUT2D eigenvalue weighted by Gasteiger charge is 2.27. The second kappa shape index (κ2) is 8.78. The summed E-state index contributed by atoms with van der Waals surface area (Å²) < 4.78 is 33.4. The van der Waals surface area contributed by atoms with Crippen molar-refractivity contribution in [2.75, 3.05) is 13.2 Å². The first kappa shape index (κ1) is 21.0. The predicted molar refractivity (Wildman–Crippen MR) is 114 cm³/mol. The standard InChI is InChI=1S/C23H25NO4S/c1-3-28-21-11-7-8-12-22(21)29(26,27)24-17-23(2,25)20-15-13-19(14-16-20)18-9-5-4-6-10-18/h4-16,24-25H,3,17H2,1-2H3. The highest BCUT2D eigenvalue weighted by molar-refractivity contribution is 7.89. The van der Waals surface area contributed by atoms with E-state index in [9.17, 15) is 13.5 Å². The third-order valence-corrected chi connectivity index (χ3v) is 6.10. The smallest absolute Gasteiger partial charge is 0.244 e. The Kier molecular flexibility index (Phi) is 6.37. The van der Waals surface area contributed by atoms with Gasteiger partial charge in [-0.1, -0.05) is 66.7 Å². The van der Waals surface area contributed by atoms with E-state index < -0.39 is 15.6 Å². The summed E-state index contributed by atoms with van der Waals surface area (Å²) in [6, 6.07) is 23.8. The van der Waals surface area contributed by atoms with Gasteiger partial charge in [-0.05, 0) is 42.7 Å². The van der Waals surface area contributed by atoms with Crippen LogP contribution in [0.4, 0.5) is 0 Å². The second-order valence-electron chi connectivity index (χ2n) is 6.92. The van der Waals surface area contributed by atoms with E-state index in [1.54, 1.807) is 32.0 Å². The van der Waals surface area contributed by atoms with E-state index in [-0.39, 0.29) is 17.2 Å². The zero-order valence-electron chi connectivity index (χ0n) is 16.5. The number of hydrogen-bond donors (Lipinski definition) is 2. The molecule has 1 unspecified atom stereocenters. The van der Waals surface area contributed by atoms with Gasteiger partial charge in [0.2, 0.25) is 10.0 Å². The van der Waals surface area contributed by atoms with Crippen LogP contribution in [0.3, 0.4) is 0 Å². The molecule has 0 bridgehead atoms. The molecule has 0 saturated carbocycles. The lowest BCUT2D eigenvalue weighted by molar-refractivity contribution is 0.0627. The Morgan fingerprint density at radius 1 is 0.897 bits per heavy atom. The van der Waals surface area contributed by atoms with Gasteiger partial charge in [0.1, 0.15) is 16.2 Å². The van der Waals surface area contributed by atoms with Crippen LogP contribution in [0.15, 0.2) is 83.8 Å². The van der Waals surface area contributed by atoms with Crippen molar-refractivity contribution in [3.63, 3.8) is 0 Å². The van der Waals surface area contributed by atoms with Gasteiger partial charge in [0.25, 0.3) is 0 Å². The summed E-state index contributed by atoms with van der Waals surface area (Å²) >= 11 is 0. The first-order valence-electron chi connectivity index (χ1n) is 9.43. The summed E-state index contributed by atoms with van der Waals surface area (Å²) in [6.07, 6.45) is 0. The number of benzene rings is 3. The first-order valence-corrected chi connectivity index (χ1v) is 10.9. The van der Waals surface area contributed by atoms with E-state index in [2.05, 4.69) is 4.72 Å². The van der Waals surface area contributed by atoms with E-state index in [0.717, 1.165) is 11.1 Å². The van der Waals surface area contributed by atoms with Crippen molar-refractivity contribution in [2.24, 2.45) is 0 Å². The molecule has 0 aromatic heterocycles. The van der Waals surface area contributed by atoms with E-state index in [1.165, 1.54) is 6.07 Å². The second-order valence-corrected chi connectivity index (χ2v) is 8.66. The van der Waals surface area contributed by atoms with E-state index in [1.807, 2.05) is 54.6 Å². The molecule has 3 rings (SSSR count). The van der Waals surface area contributed by atoms with E-state index in [0.29, 0.717) is 12.2 Å². The van der Waals surface area contributed by atoms with Crippen molar-refractivity contribution in [1.82, 2.24) is 4.72 Å². The van der Waals surface area contributed by atoms with Crippen LogP contribution in [0.1, 0.15) is 19.4 Å². The molecule has 152 valence electrons. The Balaban J connectivity index is 1.76. The fourth-order valence-electron chi connectivity index (χ4n) is 3.01. The number of hydrogen-bond acceptors (Lipinski definition) is 4. The molecule has 0 saturated heterocycles. The molecule has 3 aromatic rings. The van der Waals surface area contributed by atoms with Crippen LogP contribution in [0.25, 0.3) is 11.1 Å². The summed E-state index contributed by atoms with van der Waals surface area (Å²) in [5.41, 5.74) is 1.35. The summed E-state index contributed by atoms with van der Waals surface area (Å²) in [5, 5.41) is 10.9. The minimum Gasteiger partial charge on any atom is -0.492 e. The normalized spacial score (nSPS) is 13.6. The summed E-state index contributed by atoms with van der Waals surface area (Å²) in [5.74, 6) is 0.286. The molecule has 0 spiro atoms. The van der Waals surface area contributed by atoms with Gasteiger partial charge in [-0.25, -0.2) is 13.1 Å². The van der Waals surface area contributed by atoms with E-state index >= 15 is 0 Å². The summed E-state index contributed by atoms with van der Waals surface area (Å²) in [7, 11) is -3.84. The molecule has 2 N–H and O–H groups in total. The van der Waals surface area contributed by atoms with Gasteiger partial charge in [0.05, 0.1) is 6.61 Å². The van der Waals surface area contributed by atoms with Gasteiger partial charge in [-0.3, -0.25) is 0 Å². The van der Waals surface area contributed by atoms with Crippen LogP contribution in [0, 0.1) is 0 Å². The maximum Gasteiger partial charge on any atom is 0.244 e. The number of rotatable bonds is 8. The molecule has 0 radical (unpaired) electrons. The molecule has 5 nitrogen and oxygen atoms in total. The van der Waals surface area contributed by atoms with Gasteiger partial charge in [0.15, 0.2) is 0 Å². The number of aliphatic hydroxyl groups is 1. The fourth-order valence-corrected chi connectivity index (χ4v) is 4.29. The average molecular weight is 412 g/mol. The molecule has 0 fully saturated rings. The molecule has 0 amide bonds. The third-order valence-electron chi connectivity index (χ3n) is 4.66. The molecule has 0 aliphatic rings. The summed E-state index contributed by atoms with van der Waals surface area (Å²) in [6.45, 7) is 3.57. The number of para-hydroxylation sites is 1. The van der Waals surface area contributed by atoms with Gasteiger partial charge in [0, 0.05) is 6.54 Å². The van der Waals surface area contributed by atoms with Crippen molar-refractivity contribution >= 4 is 10.0 Å². The van der Waals surface area contributed by atoms with Crippen LogP contribution >= 0.6 is 0 Å². The SMILES string of the molecule is CCOc1ccccc1S(=O)(=O)NCC(C)(O)c1ccc(-c2ccccc2)cc1. The van der Waals surface area contributed by atoms with Crippen LogP contribution < -0.4 is 9.46 Å². The van der Waals surface area contributed by atoms with Crippen molar-refractivity contribution in [1.29, 1.82) is 0 Å². The number of nitrogens with one attached hydrogen (secondary N) is 1. The van der Waals surface area contributed by atoms with E-state index in [4.69, 9.17) is 4.74 Å². The Morgan fingerprint density at radius 3 is 2.14 bits per heavy atom. The Labute approximate surface area is 172 Å². The lowest BCUT2D eigenvalue weighted by atomic mass is 9.94. The zero-order valence-corrected chi connectivity index (χ0v) is 17.3. The fraction of sp³-hybridized carbons (Fsp3) is 0.217. The quantitative estimate of drug-likeness (QED) is 0.589. The molecular formula is C23H25NO4S. The van der Waals surface area contributed by atoms with Crippen LogP contribution in [-0.4, -0.2) is 26.7 Å². The first-order chi connectivity index (χ1) is 13.8. The Morgan fingerprint density at radius 2 is 1.48 bits per heavy atom. The monoisotopic (exact) mass is 411 g/mol. The number of sulfonamides is 1. The van der Waals surface area contributed by atoms with Gasteiger partial charge < -0.3 is 9.84 Å². The predicted octanol–water partition coefficient (Wildman–Crippen LogP) is 3.94. The molecule has 29 heavy (non-hydrogen) atoms. The largest absolute Gasteiger partial charge is 0.492 e. The molecule has 1 atom stereocenters. The van der Waals surface area contributed by atoms with Crippen LogP contribution in [0.2, 0.25) is 0 Å². The highest BCUT2D eigenvalue weighted by Crippen LogP contribution is 2.27. The zero-order chi connectivity index (χ0) is 20.9.